The molecule has 0 radical (unpaired) electrons. The Balaban J connectivity index is 4.36. The lowest BCUT2D eigenvalue weighted by Crippen LogP contribution is -2.33. The van der Waals surface area contributed by atoms with Crippen molar-refractivity contribution in [1.29, 1.82) is 5.26 Å². The van der Waals surface area contributed by atoms with Gasteiger partial charge in [0.25, 0.3) is 0 Å². The molecule has 0 N–H and O–H groups in total. The minimum Gasteiger partial charge on any atom is -0.212 e. The third-order valence-corrected chi connectivity index (χ3v) is 3.87. The predicted molar refractivity (Wildman–Crippen MR) is 56.1 cm³/mol. The molecule has 0 aromatic heterocycles. The fourth-order valence-electron chi connectivity index (χ4n) is 0.999. The molecule has 0 spiro atoms. The lowest BCUT2D eigenvalue weighted by molar-refractivity contribution is 0.456. The number of sulfonamides is 1. The Kier molecular flexibility index (Phi) is 5.73. The highest BCUT2D eigenvalue weighted by atomic mass is 32.2. The number of nitriles is 1. The van der Waals surface area contributed by atoms with Gasteiger partial charge >= 0.3 is 0 Å². The zero-order valence-corrected chi connectivity index (χ0v) is 9.84. The molecule has 0 heterocycles. The minimum atomic E-state index is -3.22. The van der Waals surface area contributed by atoms with Crippen LogP contribution >= 0.6 is 0 Å². The van der Waals surface area contributed by atoms with Crippen molar-refractivity contribution in [2.75, 3.05) is 18.8 Å². The Hall–Kier alpha value is -0.600. The minimum absolute atomic E-state index is 0.0447. The van der Waals surface area contributed by atoms with Crippen LogP contribution in [0.1, 0.15) is 27.2 Å². The molecule has 0 fully saturated rings. The van der Waals surface area contributed by atoms with E-state index in [2.05, 4.69) is 0 Å². The van der Waals surface area contributed by atoms with Crippen LogP contribution < -0.4 is 0 Å². The van der Waals surface area contributed by atoms with E-state index >= 15 is 0 Å². The second-order valence-corrected chi connectivity index (χ2v) is 5.67. The Labute approximate surface area is 86.6 Å². The summed E-state index contributed by atoms with van der Waals surface area (Å²) in [5.74, 6) is 0.505. The van der Waals surface area contributed by atoms with Crippen LogP contribution in [0, 0.1) is 17.2 Å². The largest absolute Gasteiger partial charge is 0.215 e. The standard InChI is InChI=1S/C9H18N2O2S/c1-4-11(7-6-10)14(12,13)8-5-9(2)3/h9H,4-5,7-8H2,1-3H3. The lowest BCUT2D eigenvalue weighted by Gasteiger charge is -2.17. The molecule has 82 valence electrons. The van der Waals surface area contributed by atoms with Gasteiger partial charge in [-0.3, -0.25) is 0 Å². The van der Waals surface area contributed by atoms with E-state index in [4.69, 9.17) is 5.26 Å². The molecule has 0 rings (SSSR count). The molecule has 0 amide bonds. The van der Waals surface area contributed by atoms with Crippen LogP contribution in [-0.4, -0.2) is 31.6 Å². The van der Waals surface area contributed by atoms with Gasteiger partial charge in [0.05, 0.1) is 11.8 Å². The second kappa shape index (κ2) is 5.99. The van der Waals surface area contributed by atoms with Gasteiger partial charge in [0, 0.05) is 6.54 Å². The summed E-state index contributed by atoms with van der Waals surface area (Å²) in [5.41, 5.74) is 0. The maximum Gasteiger partial charge on any atom is 0.215 e. The molecule has 4 nitrogen and oxygen atoms in total. The first-order valence-corrected chi connectivity index (χ1v) is 6.39. The van der Waals surface area contributed by atoms with Gasteiger partial charge in [-0.25, -0.2) is 8.42 Å². The summed E-state index contributed by atoms with van der Waals surface area (Å²) >= 11 is 0. The smallest absolute Gasteiger partial charge is 0.212 e. The van der Waals surface area contributed by atoms with Gasteiger partial charge in [0.15, 0.2) is 0 Å². The van der Waals surface area contributed by atoms with E-state index < -0.39 is 10.0 Å². The number of rotatable bonds is 6. The summed E-state index contributed by atoms with van der Waals surface area (Å²) in [4.78, 5) is 0. The molecule has 0 aliphatic heterocycles. The van der Waals surface area contributed by atoms with Gasteiger partial charge in [-0.2, -0.15) is 9.57 Å². The highest BCUT2D eigenvalue weighted by molar-refractivity contribution is 7.89. The van der Waals surface area contributed by atoms with Gasteiger partial charge in [-0.15, -0.1) is 0 Å². The van der Waals surface area contributed by atoms with Crippen LogP contribution in [0.4, 0.5) is 0 Å². The molecule has 5 heteroatoms. The number of hydrogen-bond acceptors (Lipinski definition) is 3. The van der Waals surface area contributed by atoms with Crippen molar-refractivity contribution in [3.05, 3.63) is 0 Å². The van der Waals surface area contributed by atoms with Crippen molar-refractivity contribution in [3.63, 3.8) is 0 Å². The van der Waals surface area contributed by atoms with Crippen LogP contribution in [-0.2, 0) is 10.0 Å². The summed E-state index contributed by atoms with van der Waals surface area (Å²) in [6.45, 7) is 6.03. The normalized spacial score (nSPS) is 12.0. The topological polar surface area (TPSA) is 61.2 Å². The molecule has 0 aromatic rings. The third-order valence-electron chi connectivity index (χ3n) is 1.95. The van der Waals surface area contributed by atoms with Crippen molar-refractivity contribution >= 4 is 10.0 Å². The van der Waals surface area contributed by atoms with Gasteiger partial charge in [0.2, 0.25) is 10.0 Å². The Bertz CT molecular complexity index is 290. The highest BCUT2D eigenvalue weighted by Gasteiger charge is 2.19. The van der Waals surface area contributed by atoms with Gasteiger partial charge < -0.3 is 0 Å². The number of hydrogen-bond donors (Lipinski definition) is 0. The van der Waals surface area contributed by atoms with Crippen molar-refractivity contribution in [2.24, 2.45) is 5.92 Å². The Morgan fingerprint density at radius 3 is 2.36 bits per heavy atom. The highest BCUT2D eigenvalue weighted by Crippen LogP contribution is 2.07. The molecular weight excluding hydrogens is 200 g/mol. The molecule has 0 aromatic carbocycles. The average molecular weight is 218 g/mol. The first kappa shape index (κ1) is 13.4. The Morgan fingerprint density at radius 2 is 2.00 bits per heavy atom. The van der Waals surface area contributed by atoms with Crippen LogP contribution in [0.25, 0.3) is 0 Å². The van der Waals surface area contributed by atoms with Crippen LogP contribution in [0.5, 0.6) is 0 Å². The van der Waals surface area contributed by atoms with Crippen molar-refractivity contribution in [1.82, 2.24) is 4.31 Å². The monoisotopic (exact) mass is 218 g/mol. The molecular formula is C9H18N2O2S. The van der Waals surface area contributed by atoms with E-state index in [9.17, 15) is 8.42 Å². The summed E-state index contributed by atoms with van der Waals surface area (Å²) in [5, 5.41) is 8.45. The predicted octanol–water partition coefficient (Wildman–Crippen LogP) is 1.21. The molecule has 0 aliphatic rings. The van der Waals surface area contributed by atoms with Crippen LogP contribution in [0.15, 0.2) is 0 Å². The molecule has 0 bridgehead atoms. The maximum atomic E-state index is 11.6. The third kappa shape index (κ3) is 4.58. The van der Waals surface area contributed by atoms with Crippen molar-refractivity contribution in [2.45, 2.75) is 27.2 Å². The first-order chi connectivity index (χ1) is 6.44. The van der Waals surface area contributed by atoms with E-state index in [0.29, 0.717) is 18.9 Å². The van der Waals surface area contributed by atoms with E-state index in [0.717, 1.165) is 0 Å². The molecule has 0 saturated carbocycles. The first-order valence-electron chi connectivity index (χ1n) is 4.78. The molecule has 0 atom stereocenters. The summed E-state index contributed by atoms with van der Waals surface area (Å²) in [7, 11) is -3.22. The number of nitrogens with zero attached hydrogens (tertiary/aromatic N) is 2. The summed E-state index contributed by atoms with van der Waals surface area (Å²) < 4.78 is 24.5. The van der Waals surface area contributed by atoms with Gasteiger partial charge in [0.1, 0.15) is 6.54 Å². The van der Waals surface area contributed by atoms with Crippen LogP contribution in [0.2, 0.25) is 0 Å². The quantitative estimate of drug-likeness (QED) is 0.629. The molecule has 0 aliphatic carbocycles. The maximum absolute atomic E-state index is 11.6. The molecule has 0 saturated heterocycles. The van der Waals surface area contributed by atoms with Gasteiger partial charge in [-0.1, -0.05) is 20.8 Å². The van der Waals surface area contributed by atoms with Crippen LogP contribution in [0.3, 0.4) is 0 Å². The van der Waals surface area contributed by atoms with Gasteiger partial charge in [-0.05, 0) is 12.3 Å². The lowest BCUT2D eigenvalue weighted by atomic mass is 10.2. The molecule has 0 unspecified atom stereocenters. The average Bonchev–Trinajstić information content (AvgIpc) is 2.11. The van der Waals surface area contributed by atoms with E-state index in [1.807, 2.05) is 19.9 Å². The van der Waals surface area contributed by atoms with E-state index in [-0.39, 0.29) is 12.3 Å². The van der Waals surface area contributed by atoms with E-state index in [1.54, 1.807) is 6.92 Å². The summed E-state index contributed by atoms with van der Waals surface area (Å²) in [6.07, 6.45) is 0.643. The second-order valence-electron chi connectivity index (χ2n) is 3.58. The van der Waals surface area contributed by atoms with Crippen molar-refractivity contribution in [3.8, 4) is 6.07 Å². The zero-order valence-electron chi connectivity index (χ0n) is 9.02. The van der Waals surface area contributed by atoms with Crippen molar-refractivity contribution < 1.29 is 8.42 Å². The van der Waals surface area contributed by atoms with E-state index in [1.165, 1.54) is 4.31 Å². The zero-order chi connectivity index (χ0) is 11.2. The Morgan fingerprint density at radius 1 is 1.43 bits per heavy atom. The molecule has 14 heavy (non-hydrogen) atoms. The SMILES string of the molecule is CCN(CC#N)S(=O)(=O)CCC(C)C. The fraction of sp³-hybridized carbons (Fsp3) is 0.889. The fourth-order valence-corrected chi connectivity index (χ4v) is 2.67. The summed E-state index contributed by atoms with van der Waals surface area (Å²) in [6, 6.07) is 1.86.